The summed E-state index contributed by atoms with van der Waals surface area (Å²) in [4.78, 5) is 18.4. The Hall–Kier alpha value is -0.900. The minimum Gasteiger partial charge on any atom is -0.345 e. The molecule has 1 saturated carbocycles. The van der Waals surface area contributed by atoms with Gasteiger partial charge in [0, 0.05) is 12.6 Å². The van der Waals surface area contributed by atoms with Crippen LogP contribution in [0.2, 0.25) is 0 Å². The molecule has 100 valence electrons. The Kier molecular flexibility index (Phi) is 4.75. The maximum atomic E-state index is 10.8. The molecule has 1 heterocycles. The highest BCUT2D eigenvalue weighted by molar-refractivity contribution is 7.17. The van der Waals surface area contributed by atoms with E-state index >= 15 is 0 Å². The highest BCUT2D eigenvalue weighted by atomic mass is 32.1. The minimum absolute atomic E-state index is 0.634. The van der Waals surface area contributed by atoms with Crippen LogP contribution >= 0.6 is 11.3 Å². The molecule has 1 aromatic heterocycles. The molecule has 1 aliphatic rings. The lowest BCUT2D eigenvalue weighted by Crippen LogP contribution is -2.34. The maximum Gasteiger partial charge on any atom is 0.186 e. The van der Waals surface area contributed by atoms with E-state index in [1.807, 2.05) is 0 Å². The van der Waals surface area contributed by atoms with Crippen molar-refractivity contribution in [2.45, 2.75) is 52.0 Å². The highest BCUT2D eigenvalue weighted by Crippen LogP contribution is 2.31. The van der Waals surface area contributed by atoms with Crippen molar-refractivity contribution in [3.05, 3.63) is 11.1 Å². The number of aldehydes is 1. The Morgan fingerprint density at radius 1 is 1.50 bits per heavy atom. The summed E-state index contributed by atoms with van der Waals surface area (Å²) in [6, 6.07) is 0.634. The first-order chi connectivity index (χ1) is 8.70. The second kappa shape index (κ2) is 6.32. The van der Waals surface area contributed by atoms with Gasteiger partial charge in [-0.15, -0.1) is 0 Å². The fraction of sp³-hybridized carbons (Fsp3) is 0.714. The molecule has 1 aromatic rings. The SMILES string of the molecule is CC(C)CCN(c1ncc(C=O)s1)C1CCCC1. The fourth-order valence-corrected chi connectivity index (χ4v) is 3.34. The van der Waals surface area contributed by atoms with Crippen LogP contribution in [-0.2, 0) is 0 Å². The van der Waals surface area contributed by atoms with Crippen molar-refractivity contribution in [3.63, 3.8) is 0 Å². The van der Waals surface area contributed by atoms with E-state index in [1.165, 1.54) is 43.4 Å². The van der Waals surface area contributed by atoms with Crippen molar-refractivity contribution in [2.24, 2.45) is 5.92 Å². The normalized spacial score (nSPS) is 16.4. The maximum absolute atomic E-state index is 10.8. The van der Waals surface area contributed by atoms with Crippen molar-refractivity contribution in [3.8, 4) is 0 Å². The molecule has 0 spiro atoms. The number of anilines is 1. The average Bonchev–Trinajstić information content (AvgIpc) is 2.99. The Morgan fingerprint density at radius 2 is 2.22 bits per heavy atom. The van der Waals surface area contributed by atoms with Crippen molar-refractivity contribution in [2.75, 3.05) is 11.4 Å². The molecule has 2 rings (SSSR count). The third-order valence-electron chi connectivity index (χ3n) is 3.59. The molecule has 0 aliphatic heterocycles. The second-order valence-corrected chi connectivity index (χ2v) is 6.52. The van der Waals surface area contributed by atoms with Gasteiger partial charge >= 0.3 is 0 Å². The highest BCUT2D eigenvalue weighted by Gasteiger charge is 2.24. The van der Waals surface area contributed by atoms with Gasteiger partial charge in [-0.3, -0.25) is 4.79 Å². The quantitative estimate of drug-likeness (QED) is 0.735. The summed E-state index contributed by atoms with van der Waals surface area (Å²) in [6.45, 7) is 5.57. The minimum atomic E-state index is 0.634. The Labute approximate surface area is 113 Å². The smallest absolute Gasteiger partial charge is 0.186 e. The molecule has 4 heteroatoms. The summed E-state index contributed by atoms with van der Waals surface area (Å²) in [5.74, 6) is 0.708. The van der Waals surface area contributed by atoms with Crippen molar-refractivity contribution >= 4 is 22.8 Å². The van der Waals surface area contributed by atoms with Gasteiger partial charge in [0.15, 0.2) is 11.4 Å². The molecule has 0 atom stereocenters. The summed E-state index contributed by atoms with van der Waals surface area (Å²) >= 11 is 1.53. The predicted molar refractivity (Wildman–Crippen MR) is 76.6 cm³/mol. The lowest BCUT2D eigenvalue weighted by atomic mass is 10.1. The molecule has 3 nitrogen and oxygen atoms in total. The molecule has 0 amide bonds. The number of thiazole rings is 1. The number of carbonyl (C=O) groups is 1. The third-order valence-corrected chi connectivity index (χ3v) is 4.55. The summed E-state index contributed by atoms with van der Waals surface area (Å²) in [6.07, 6.45) is 8.99. The number of hydrogen-bond acceptors (Lipinski definition) is 4. The number of hydrogen-bond donors (Lipinski definition) is 0. The molecule has 0 saturated heterocycles. The summed E-state index contributed by atoms with van der Waals surface area (Å²) < 4.78 is 0. The zero-order valence-corrected chi connectivity index (χ0v) is 12.1. The number of nitrogens with zero attached hydrogens (tertiary/aromatic N) is 2. The van der Waals surface area contributed by atoms with Crippen molar-refractivity contribution < 1.29 is 4.79 Å². The van der Waals surface area contributed by atoms with E-state index in [2.05, 4.69) is 23.7 Å². The first-order valence-corrected chi connectivity index (χ1v) is 7.70. The molecule has 0 unspecified atom stereocenters. The molecule has 0 aromatic carbocycles. The summed E-state index contributed by atoms with van der Waals surface area (Å²) in [5.41, 5.74) is 0. The van der Waals surface area contributed by atoms with E-state index in [-0.39, 0.29) is 0 Å². The molecular weight excluding hydrogens is 244 g/mol. The van der Waals surface area contributed by atoms with Crippen LogP contribution in [0, 0.1) is 5.92 Å². The van der Waals surface area contributed by atoms with Gasteiger partial charge in [-0.2, -0.15) is 0 Å². The van der Waals surface area contributed by atoms with Crippen LogP contribution in [0.25, 0.3) is 0 Å². The zero-order valence-electron chi connectivity index (χ0n) is 11.3. The average molecular weight is 266 g/mol. The Bertz CT molecular complexity index is 383. The predicted octanol–water partition coefficient (Wildman–Crippen LogP) is 3.75. The molecule has 1 fully saturated rings. The van der Waals surface area contributed by atoms with Crippen LogP contribution in [0.4, 0.5) is 5.13 Å². The van der Waals surface area contributed by atoms with Gasteiger partial charge in [0.25, 0.3) is 0 Å². The van der Waals surface area contributed by atoms with Crippen LogP contribution in [0.1, 0.15) is 55.6 Å². The molecule has 0 N–H and O–H groups in total. The van der Waals surface area contributed by atoms with Gasteiger partial charge in [0.2, 0.25) is 0 Å². The van der Waals surface area contributed by atoms with Crippen molar-refractivity contribution in [1.82, 2.24) is 4.98 Å². The molecule has 0 bridgehead atoms. The van der Waals surface area contributed by atoms with Gasteiger partial charge in [-0.05, 0) is 25.2 Å². The van der Waals surface area contributed by atoms with Crippen LogP contribution in [0.3, 0.4) is 0 Å². The van der Waals surface area contributed by atoms with Gasteiger partial charge in [-0.1, -0.05) is 38.0 Å². The molecule has 1 aliphatic carbocycles. The zero-order chi connectivity index (χ0) is 13.0. The van der Waals surface area contributed by atoms with E-state index in [1.54, 1.807) is 6.20 Å². The van der Waals surface area contributed by atoms with Gasteiger partial charge in [-0.25, -0.2) is 4.98 Å². The number of aromatic nitrogens is 1. The first kappa shape index (κ1) is 13.5. The van der Waals surface area contributed by atoms with Crippen molar-refractivity contribution in [1.29, 1.82) is 0 Å². The van der Waals surface area contributed by atoms with Gasteiger partial charge in [0.05, 0.1) is 11.1 Å². The fourth-order valence-electron chi connectivity index (χ4n) is 2.51. The molecule has 0 radical (unpaired) electrons. The van der Waals surface area contributed by atoms with Crippen LogP contribution in [-0.4, -0.2) is 23.9 Å². The second-order valence-electron chi connectivity index (χ2n) is 5.48. The van der Waals surface area contributed by atoms with Gasteiger partial charge < -0.3 is 4.90 Å². The number of rotatable bonds is 6. The Balaban J connectivity index is 2.09. The lowest BCUT2D eigenvalue weighted by molar-refractivity contribution is 0.112. The lowest BCUT2D eigenvalue weighted by Gasteiger charge is -2.29. The van der Waals surface area contributed by atoms with E-state index in [4.69, 9.17) is 0 Å². The third kappa shape index (κ3) is 3.31. The van der Waals surface area contributed by atoms with Crippen LogP contribution in [0.15, 0.2) is 6.20 Å². The standard InChI is InChI=1S/C14H22N2OS/c1-11(2)7-8-16(12-5-3-4-6-12)14-15-9-13(10-17)18-14/h9-12H,3-8H2,1-2H3. The summed E-state index contributed by atoms with van der Waals surface area (Å²) in [7, 11) is 0. The van der Waals surface area contributed by atoms with Gasteiger partial charge in [0.1, 0.15) is 0 Å². The Morgan fingerprint density at radius 3 is 2.78 bits per heavy atom. The topological polar surface area (TPSA) is 33.2 Å². The van der Waals surface area contributed by atoms with E-state index in [0.29, 0.717) is 12.0 Å². The van der Waals surface area contributed by atoms with Crippen LogP contribution in [0.5, 0.6) is 0 Å². The van der Waals surface area contributed by atoms with E-state index < -0.39 is 0 Å². The first-order valence-electron chi connectivity index (χ1n) is 6.88. The molecular formula is C14H22N2OS. The largest absolute Gasteiger partial charge is 0.345 e. The monoisotopic (exact) mass is 266 g/mol. The summed E-state index contributed by atoms with van der Waals surface area (Å²) in [5, 5.41) is 1.03. The molecule has 18 heavy (non-hydrogen) atoms. The van der Waals surface area contributed by atoms with E-state index in [9.17, 15) is 4.79 Å². The number of carbonyl (C=O) groups excluding carboxylic acids is 1. The van der Waals surface area contributed by atoms with Crippen LogP contribution < -0.4 is 4.90 Å². The van der Waals surface area contributed by atoms with E-state index in [0.717, 1.165) is 22.8 Å².